The molecule has 2 amide bonds. The van der Waals surface area contributed by atoms with E-state index in [1.54, 1.807) is 34.1 Å². The van der Waals surface area contributed by atoms with Gasteiger partial charge in [-0.2, -0.15) is 5.10 Å². The van der Waals surface area contributed by atoms with E-state index >= 15 is 0 Å². The fourth-order valence-electron chi connectivity index (χ4n) is 4.75. The summed E-state index contributed by atoms with van der Waals surface area (Å²) in [4.78, 5) is 31.4. The Morgan fingerprint density at radius 3 is 2.43 bits per heavy atom. The van der Waals surface area contributed by atoms with Gasteiger partial charge in [-0.15, -0.1) is 0 Å². The summed E-state index contributed by atoms with van der Waals surface area (Å²) in [5.41, 5.74) is 0.270. The number of nitrogens with zero attached hydrogens (tertiary/aromatic N) is 4. The van der Waals surface area contributed by atoms with Crippen molar-refractivity contribution in [2.75, 3.05) is 37.5 Å². The maximum absolute atomic E-state index is 13.2. The molecule has 3 N–H and O–H groups in total. The van der Waals surface area contributed by atoms with Gasteiger partial charge >= 0.3 is 0 Å². The fourth-order valence-corrected chi connectivity index (χ4v) is 5.41. The molecule has 1 atom stereocenters. The number of hydrogen-bond donors (Lipinski definition) is 3. The van der Waals surface area contributed by atoms with Crippen molar-refractivity contribution in [3.05, 3.63) is 71.7 Å². The van der Waals surface area contributed by atoms with Gasteiger partial charge in [-0.25, -0.2) is 13.4 Å². The van der Waals surface area contributed by atoms with Crippen molar-refractivity contribution in [2.24, 2.45) is 0 Å². The van der Waals surface area contributed by atoms with Crippen molar-refractivity contribution < 1.29 is 23.3 Å². The lowest BCUT2D eigenvalue weighted by Crippen LogP contribution is -2.56. The van der Waals surface area contributed by atoms with Gasteiger partial charge in [0.2, 0.25) is 0 Å². The molecule has 3 aromatic rings. The van der Waals surface area contributed by atoms with Gasteiger partial charge in [0.1, 0.15) is 17.2 Å². The summed E-state index contributed by atoms with van der Waals surface area (Å²) in [6.07, 6.45) is 3.37. The highest BCUT2D eigenvalue weighted by molar-refractivity contribution is 7.91. The van der Waals surface area contributed by atoms with Crippen LogP contribution in [0.3, 0.4) is 0 Å². The van der Waals surface area contributed by atoms with Crippen molar-refractivity contribution >= 4 is 33.0 Å². The molecule has 1 saturated heterocycles. The lowest BCUT2D eigenvalue weighted by molar-refractivity contribution is -0.0367. The van der Waals surface area contributed by atoms with Crippen LogP contribution in [0, 0.1) is 10.6 Å². The number of piperidine rings is 1. The van der Waals surface area contributed by atoms with Gasteiger partial charge in [0, 0.05) is 35.5 Å². The molecule has 0 saturated carbocycles. The second-order valence-electron chi connectivity index (χ2n) is 9.57. The maximum Gasteiger partial charge on any atom is 0.260 e. The molecule has 3 heterocycles. The maximum atomic E-state index is 13.2. The second kappa shape index (κ2) is 9.27. The molecule has 0 radical (unpaired) electrons. The quantitative estimate of drug-likeness (QED) is 0.468. The molecule has 12 heteroatoms. The van der Waals surface area contributed by atoms with Crippen LogP contribution in [0.25, 0.3) is 0 Å². The first-order valence-electron chi connectivity index (χ1n) is 11.8. The van der Waals surface area contributed by atoms with Crippen molar-refractivity contribution in [2.45, 2.75) is 23.3 Å². The summed E-state index contributed by atoms with van der Waals surface area (Å²) in [7, 11) is -2.86. The number of halogens is 1. The van der Waals surface area contributed by atoms with Gasteiger partial charge in [-0.3, -0.25) is 14.7 Å². The number of likely N-dealkylation sites (tertiary alicyclic amines) is 1. The van der Waals surface area contributed by atoms with Crippen molar-refractivity contribution in [1.29, 1.82) is 4.78 Å². The fraction of sp³-hybridized carbons (Fsp3) is 0.320. The number of nitrogens with one attached hydrogen (secondary N) is 2. The average molecular weight is 527 g/mol. The molecule has 0 spiro atoms. The van der Waals surface area contributed by atoms with E-state index in [1.165, 1.54) is 36.7 Å². The van der Waals surface area contributed by atoms with Crippen LogP contribution in [0.2, 0.25) is 0 Å². The third kappa shape index (κ3) is 4.94. The van der Waals surface area contributed by atoms with Crippen molar-refractivity contribution in [3.63, 3.8) is 0 Å². The van der Waals surface area contributed by atoms with Crippen LogP contribution in [0.5, 0.6) is 0 Å². The first-order chi connectivity index (χ1) is 17.5. The zero-order valence-corrected chi connectivity index (χ0v) is 21.0. The van der Waals surface area contributed by atoms with Crippen LogP contribution in [-0.4, -0.2) is 79.3 Å². The minimum Gasteiger partial charge on any atom is -0.388 e. The monoisotopic (exact) mass is 526 g/mol. The van der Waals surface area contributed by atoms with E-state index in [1.807, 2.05) is 4.90 Å². The number of H-pyrrole nitrogens is 1. The van der Waals surface area contributed by atoms with E-state index in [9.17, 15) is 23.3 Å². The van der Waals surface area contributed by atoms with E-state index in [2.05, 4.69) is 10.2 Å². The van der Waals surface area contributed by atoms with Crippen LogP contribution in [0.15, 0.2) is 59.6 Å². The number of benzene rings is 2. The standard InChI is InChI=1S/C25H27FN6O4S/c1-37(27,36)20-8-6-19(7-9-20)32-16-31(24(34)21-14-28-29-22(21)32)15-25(35)10-12-30(13-11-25)23(33)17-2-4-18(26)5-3-17/h2-9,14,27,35H,10-13,15-16H2,1H3,(H,28,29)/t37-/m1/s1. The number of fused-ring (bicyclic) bond motifs is 1. The first-order valence-corrected chi connectivity index (χ1v) is 13.7. The normalized spacial score (nSPS) is 18.9. The van der Waals surface area contributed by atoms with E-state index in [4.69, 9.17) is 4.78 Å². The Hall–Kier alpha value is -3.77. The summed E-state index contributed by atoms with van der Waals surface area (Å²) in [5.74, 6) is -0.387. The van der Waals surface area contributed by atoms with Crippen LogP contribution >= 0.6 is 0 Å². The van der Waals surface area contributed by atoms with Crippen LogP contribution < -0.4 is 4.90 Å². The molecule has 5 rings (SSSR count). The van der Waals surface area contributed by atoms with Gasteiger partial charge in [0.15, 0.2) is 0 Å². The number of aromatic amines is 1. The summed E-state index contributed by atoms with van der Waals surface area (Å²) in [5, 5.41) is 18.2. The van der Waals surface area contributed by atoms with E-state index in [0.29, 0.717) is 40.6 Å². The number of rotatable bonds is 5. The van der Waals surface area contributed by atoms with E-state index in [-0.39, 0.29) is 37.9 Å². The summed E-state index contributed by atoms with van der Waals surface area (Å²) in [6, 6.07) is 12.1. The minimum absolute atomic E-state index is 0.0686. The van der Waals surface area contributed by atoms with Gasteiger partial charge in [0.05, 0.1) is 34.7 Å². The Balaban J connectivity index is 1.30. The largest absolute Gasteiger partial charge is 0.388 e. The smallest absolute Gasteiger partial charge is 0.260 e. The number of amides is 2. The minimum atomic E-state index is -2.86. The number of hydrogen-bond acceptors (Lipinski definition) is 7. The molecule has 10 nitrogen and oxygen atoms in total. The number of carbonyl (C=O) groups excluding carboxylic acids is 2. The summed E-state index contributed by atoms with van der Waals surface area (Å²) in [6.45, 7) is 0.829. The zero-order chi connectivity index (χ0) is 26.4. The van der Waals surface area contributed by atoms with Crippen molar-refractivity contribution in [1.82, 2.24) is 20.0 Å². The molecule has 0 bridgehead atoms. The lowest BCUT2D eigenvalue weighted by atomic mass is 9.90. The zero-order valence-electron chi connectivity index (χ0n) is 20.2. The number of β-amino-alcohol motifs (C(OH)–C–C–N with tert-alkyl or cyclic N) is 1. The Kier molecular flexibility index (Phi) is 6.24. The number of carbonyl (C=O) groups is 2. The second-order valence-corrected chi connectivity index (χ2v) is 11.7. The third-order valence-corrected chi connectivity index (χ3v) is 8.05. The first kappa shape index (κ1) is 24.9. The molecular formula is C25H27FN6O4S. The molecule has 0 aliphatic carbocycles. The Morgan fingerprint density at radius 1 is 1.16 bits per heavy atom. The number of anilines is 2. The molecule has 2 aliphatic heterocycles. The Labute approximate surface area is 213 Å². The molecule has 2 aromatic carbocycles. The lowest BCUT2D eigenvalue weighted by Gasteiger charge is -2.43. The van der Waals surface area contributed by atoms with Gasteiger partial charge in [0.25, 0.3) is 11.8 Å². The molecule has 1 aromatic heterocycles. The molecule has 0 unspecified atom stereocenters. The highest BCUT2D eigenvalue weighted by Crippen LogP contribution is 2.34. The summed E-state index contributed by atoms with van der Waals surface area (Å²) >= 11 is 0. The van der Waals surface area contributed by atoms with Gasteiger partial charge < -0.3 is 19.8 Å². The van der Waals surface area contributed by atoms with Crippen LogP contribution in [0.4, 0.5) is 15.9 Å². The topological polar surface area (TPSA) is 134 Å². The summed E-state index contributed by atoms with van der Waals surface area (Å²) < 4.78 is 33.0. The molecular weight excluding hydrogens is 499 g/mol. The van der Waals surface area contributed by atoms with Crippen LogP contribution in [-0.2, 0) is 9.73 Å². The van der Waals surface area contributed by atoms with Crippen molar-refractivity contribution in [3.8, 4) is 0 Å². The molecule has 2 aliphatic rings. The van der Waals surface area contributed by atoms with Crippen LogP contribution in [0.1, 0.15) is 33.6 Å². The van der Waals surface area contributed by atoms with E-state index < -0.39 is 21.1 Å². The highest BCUT2D eigenvalue weighted by Gasteiger charge is 2.40. The highest BCUT2D eigenvalue weighted by atomic mass is 32.2. The predicted molar refractivity (Wildman–Crippen MR) is 135 cm³/mol. The SMILES string of the molecule is C[S@@](=N)(=O)c1ccc(N2CN(CC3(O)CCN(C(=O)c4ccc(F)cc4)CC3)C(=O)c3cn[nH]c32)cc1. The van der Waals surface area contributed by atoms with Gasteiger partial charge in [-0.05, 0) is 61.4 Å². The molecule has 37 heavy (non-hydrogen) atoms. The number of aliphatic hydroxyl groups is 1. The molecule has 194 valence electrons. The Bertz CT molecular complexity index is 1430. The van der Waals surface area contributed by atoms with Gasteiger partial charge in [-0.1, -0.05) is 0 Å². The average Bonchev–Trinajstić information content (AvgIpc) is 3.36. The predicted octanol–water partition coefficient (Wildman–Crippen LogP) is 2.80. The molecule has 1 fully saturated rings. The number of aromatic nitrogens is 2. The van der Waals surface area contributed by atoms with E-state index in [0.717, 1.165) is 0 Å². The third-order valence-electron chi connectivity index (χ3n) is 6.87. The Morgan fingerprint density at radius 2 is 1.81 bits per heavy atom.